The zero-order valence-corrected chi connectivity index (χ0v) is 9.67. The van der Waals surface area contributed by atoms with Crippen molar-refractivity contribution in [3.05, 3.63) is 47.1 Å². The summed E-state index contributed by atoms with van der Waals surface area (Å²) < 4.78 is 0. The van der Waals surface area contributed by atoms with E-state index in [1.54, 1.807) is 0 Å². The van der Waals surface area contributed by atoms with Gasteiger partial charge in [0.05, 0.1) is 10.5 Å². The lowest BCUT2D eigenvalue weighted by atomic mass is 10.1. The number of nitrogens with zero attached hydrogens (tertiary/aromatic N) is 1. The minimum atomic E-state index is 0.634. The van der Waals surface area contributed by atoms with Crippen LogP contribution in [0.1, 0.15) is 30.0 Å². The van der Waals surface area contributed by atoms with E-state index in [4.69, 9.17) is 11.6 Å². The topological polar surface area (TPSA) is 12.9 Å². The van der Waals surface area contributed by atoms with E-state index in [2.05, 4.69) is 11.6 Å². The van der Waals surface area contributed by atoms with Crippen molar-refractivity contribution in [1.82, 2.24) is 4.98 Å². The summed E-state index contributed by atoms with van der Waals surface area (Å²) in [6.45, 7) is 3.77. The van der Waals surface area contributed by atoms with Gasteiger partial charge in [-0.2, -0.15) is 0 Å². The summed E-state index contributed by atoms with van der Waals surface area (Å²) >= 11 is 6.26. The van der Waals surface area contributed by atoms with Crippen molar-refractivity contribution in [3.63, 3.8) is 0 Å². The normalized spacial score (nSPS) is 15.3. The van der Waals surface area contributed by atoms with Crippen LogP contribution in [0.5, 0.6) is 0 Å². The Morgan fingerprint density at radius 3 is 2.81 bits per heavy atom. The summed E-state index contributed by atoms with van der Waals surface area (Å²) in [7, 11) is 0. The number of pyridine rings is 1. The molecule has 1 aromatic heterocycles. The number of rotatable bonds is 2. The number of fused-ring (bicyclic) bond motifs is 1. The highest BCUT2D eigenvalue weighted by atomic mass is 35.5. The molecule has 80 valence electrons. The highest BCUT2D eigenvalue weighted by molar-refractivity contribution is 6.35. The highest BCUT2D eigenvalue weighted by Crippen LogP contribution is 2.41. The van der Waals surface area contributed by atoms with Gasteiger partial charge < -0.3 is 0 Å². The SMILES string of the molecule is C=Cc1ccc2c(Cl)cc(C3CC3)nc2c1. The van der Waals surface area contributed by atoms with Crippen molar-refractivity contribution >= 4 is 28.6 Å². The average Bonchev–Trinajstić information content (AvgIpc) is 3.12. The highest BCUT2D eigenvalue weighted by Gasteiger charge is 2.25. The minimum absolute atomic E-state index is 0.634. The summed E-state index contributed by atoms with van der Waals surface area (Å²) in [5, 5.41) is 1.83. The van der Waals surface area contributed by atoms with Crippen LogP contribution in [0.25, 0.3) is 17.0 Å². The van der Waals surface area contributed by atoms with Gasteiger partial charge in [0.25, 0.3) is 0 Å². The molecular formula is C14H12ClN. The zero-order valence-electron chi connectivity index (χ0n) is 8.91. The molecule has 1 aliphatic rings. The second kappa shape index (κ2) is 3.60. The molecule has 1 saturated carbocycles. The number of halogens is 1. The standard InChI is InChI=1S/C14H12ClN/c1-2-9-3-6-11-12(15)8-13(10-4-5-10)16-14(11)7-9/h2-3,6-8,10H,1,4-5H2. The predicted octanol–water partition coefficient (Wildman–Crippen LogP) is 4.41. The van der Waals surface area contributed by atoms with Crippen molar-refractivity contribution < 1.29 is 0 Å². The van der Waals surface area contributed by atoms with Crippen molar-refractivity contribution in [3.8, 4) is 0 Å². The van der Waals surface area contributed by atoms with E-state index in [1.807, 2.05) is 30.3 Å². The van der Waals surface area contributed by atoms with E-state index in [0.717, 1.165) is 27.2 Å². The molecule has 0 spiro atoms. The Morgan fingerprint density at radius 2 is 2.12 bits per heavy atom. The Kier molecular flexibility index (Phi) is 2.22. The molecule has 0 amide bonds. The van der Waals surface area contributed by atoms with E-state index in [-0.39, 0.29) is 0 Å². The van der Waals surface area contributed by atoms with Crippen LogP contribution < -0.4 is 0 Å². The van der Waals surface area contributed by atoms with Crippen LogP contribution in [0.15, 0.2) is 30.8 Å². The number of hydrogen-bond acceptors (Lipinski definition) is 1. The third-order valence-electron chi connectivity index (χ3n) is 3.03. The molecular weight excluding hydrogens is 218 g/mol. The predicted molar refractivity (Wildman–Crippen MR) is 68.8 cm³/mol. The molecule has 0 unspecified atom stereocenters. The van der Waals surface area contributed by atoms with Crippen molar-refractivity contribution in [2.75, 3.05) is 0 Å². The molecule has 1 heterocycles. The Labute approximate surface area is 99.8 Å². The van der Waals surface area contributed by atoms with Gasteiger partial charge in [0.15, 0.2) is 0 Å². The maximum atomic E-state index is 6.26. The second-order valence-corrected chi connectivity index (χ2v) is 4.69. The summed E-state index contributed by atoms with van der Waals surface area (Å²) in [5.41, 5.74) is 3.20. The average molecular weight is 230 g/mol. The summed E-state index contributed by atoms with van der Waals surface area (Å²) in [6.07, 6.45) is 4.32. The largest absolute Gasteiger partial charge is 0.252 e. The molecule has 2 aromatic rings. The molecule has 1 fully saturated rings. The van der Waals surface area contributed by atoms with Gasteiger partial charge in [-0.25, -0.2) is 0 Å². The van der Waals surface area contributed by atoms with E-state index in [1.165, 1.54) is 12.8 Å². The first-order valence-electron chi connectivity index (χ1n) is 5.50. The first-order valence-corrected chi connectivity index (χ1v) is 5.88. The fourth-order valence-corrected chi connectivity index (χ4v) is 2.21. The van der Waals surface area contributed by atoms with E-state index >= 15 is 0 Å². The number of benzene rings is 1. The van der Waals surface area contributed by atoms with Crippen molar-refractivity contribution in [2.45, 2.75) is 18.8 Å². The van der Waals surface area contributed by atoms with E-state index in [0.29, 0.717) is 5.92 Å². The summed E-state index contributed by atoms with van der Waals surface area (Å²) in [5.74, 6) is 0.634. The van der Waals surface area contributed by atoms with Crippen LogP contribution in [0.4, 0.5) is 0 Å². The third kappa shape index (κ3) is 1.61. The van der Waals surface area contributed by atoms with Gasteiger partial charge in [-0.05, 0) is 30.5 Å². The van der Waals surface area contributed by atoms with Crippen LogP contribution in [-0.4, -0.2) is 4.98 Å². The Hall–Kier alpha value is -1.34. The molecule has 0 bridgehead atoms. The van der Waals surface area contributed by atoms with Crippen LogP contribution in [0, 0.1) is 0 Å². The van der Waals surface area contributed by atoms with Crippen LogP contribution in [0.2, 0.25) is 5.02 Å². The third-order valence-corrected chi connectivity index (χ3v) is 3.35. The van der Waals surface area contributed by atoms with Gasteiger partial charge in [-0.15, -0.1) is 0 Å². The van der Waals surface area contributed by atoms with Gasteiger partial charge in [0, 0.05) is 17.0 Å². The van der Waals surface area contributed by atoms with Crippen LogP contribution in [-0.2, 0) is 0 Å². The fourth-order valence-electron chi connectivity index (χ4n) is 1.94. The molecule has 2 heteroatoms. The molecule has 3 rings (SSSR count). The molecule has 1 aliphatic carbocycles. The molecule has 0 atom stereocenters. The van der Waals surface area contributed by atoms with E-state index in [9.17, 15) is 0 Å². The van der Waals surface area contributed by atoms with Gasteiger partial charge in [-0.1, -0.05) is 36.4 Å². The van der Waals surface area contributed by atoms with Gasteiger partial charge in [-0.3, -0.25) is 4.98 Å². The molecule has 0 aliphatic heterocycles. The summed E-state index contributed by atoms with van der Waals surface area (Å²) in [6, 6.07) is 8.08. The van der Waals surface area contributed by atoms with Crippen LogP contribution in [0.3, 0.4) is 0 Å². The molecule has 0 N–H and O–H groups in total. The monoisotopic (exact) mass is 229 g/mol. The molecule has 0 saturated heterocycles. The van der Waals surface area contributed by atoms with E-state index < -0.39 is 0 Å². The second-order valence-electron chi connectivity index (χ2n) is 4.28. The van der Waals surface area contributed by atoms with Gasteiger partial charge in [0.1, 0.15) is 0 Å². The van der Waals surface area contributed by atoms with Crippen LogP contribution >= 0.6 is 11.6 Å². The molecule has 16 heavy (non-hydrogen) atoms. The Morgan fingerprint density at radius 1 is 1.31 bits per heavy atom. The van der Waals surface area contributed by atoms with Crippen molar-refractivity contribution in [1.29, 1.82) is 0 Å². The minimum Gasteiger partial charge on any atom is -0.252 e. The number of aromatic nitrogens is 1. The lowest BCUT2D eigenvalue weighted by Crippen LogP contribution is -1.89. The lowest BCUT2D eigenvalue weighted by Gasteiger charge is -2.05. The Balaban J connectivity index is 2.24. The summed E-state index contributed by atoms with van der Waals surface area (Å²) in [4.78, 5) is 4.67. The fraction of sp³-hybridized carbons (Fsp3) is 0.214. The maximum absolute atomic E-state index is 6.26. The van der Waals surface area contributed by atoms with Gasteiger partial charge in [0.2, 0.25) is 0 Å². The van der Waals surface area contributed by atoms with Crippen molar-refractivity contribution in [2.24, 2.45) is 0 Å². The Bertz CT molecular complexity index is 570. The molecule has 1 nitrogen and oxygen atoms in total. The number of hydrogen-bond donors (Lipinski definition) is 0. The van der Waals surface area contributed by atoms with Gasteiger partial charge >= 0.3 is 0 Å². The zero-order chi connectivity index (χ0) is 11.1. The quantitative estimate of drug-likeness (QED) is 0.744. The maximum Gasteiger partial charge on any atom is 0.0726 e. The first-order chi connectivity index (χ1) is 7.78. The molecule has 1 aromatic carbocycles. The smallest absolute Gasteiger partial charge is 0.0726 e. The lowest BCUT2D eigenvalue weighted by molar-refractivity contribution is 1.04. The molecule has 0 radical (unpaired) electrons. The first kappa shape index (κ1) is 9.86.